The van der Waals surface area contributed by atoms with Crippen LogP contribution in [0.5, 0.6) is 0 Å². The largest absolute Gasteiger partial charge is 0.346 e. The smallest absolute Gasteiger partial charge is 0.188 e. The van der Waals surface area contributed by atoms with Gasteiger partial charge in [-0.25, -0.2) is 9.97 Å². The van der Waals surface area contributed by atoms with Crippen molar-refractivity contribution in [2.45, 2.75) is 6.42 Å². The minimum atomic E-state index is 0.476. The number of aromatic amines is 1. The van der Waals surface area contributed by atoms with Crippen LogP contribution in [0.2, 0.25) is 15.2 Å². The molecule has 0 aliphatic heterocycles. The molecule has 0 unspecified atom stereocenters. The number of H-pyrrole nitrogens is 1. The van der Waals surface area contributed by atoms with E-state index in [4.69, 9.17) is 34.8 Å². The average molecular weight is 410 g/mol. The molecule has 0 bridgehead atoms. The fraction of sp³-hybridized carbons (Fsp3) is 0.0588. The molecule has 0 amide bonds. The molecule has 0 fully saturated rings. The summed E-state index contributed by atoms with van der Waals surface area (Å²) in [7, 11) is 0. The van der Waals surface area contributed by atoms with E-state index >= 15 is 0 Å². The van der Waals surface area contributed by atoms with Crippen LogP contribution in [0.25, 0.3) is 11.0 Å². The summed E-state index contributed by atoms with van der Waals surface area (Å²) in [5.74, 6) is 0. The van der Waals surface area contributed by atoms with Crippen LogP contribution < -0.4 is 5.32 Å². The van der Waals surface area contributed by atoms with Crippen molar-refractivity contribution >= 4 is 68.0 Å². The number of aromatic nitrogens is 3. The molecule has 0 radical (unpaired) electrons. The van der Waals surface area contributed by atoms with Gasteiger partial charge < -0.3 is 10.3 Å². The Morgan fingerprint density at radius 3 is 2.84 bits per heavy atom. The second-order valence-corrected chi connectivity index (χ2v) is 7.66. The van der Waals surface area contributed by atoms with Gasteiger partial charge in [-0.3, -0.25) is 0 Å². The second-order valence-electron chi connectivity index (χ2n) is 5.38. The third-order valence-electron chi connectivity index (χ3n) is 3.70. The Kier molecular flexibility index (Phi) is 4.56. The molecule has 0 saturated heterocycles. The highest BCUT2D eigenvalue weighted by Crippen LogP contribution is 2.34. The van der Waals surface area contributed by atoms with E-state index in [0.29, 0.717) is 26.8 Å². The summed E-state index contributed by atoms with van der Waals surface area (Å²) < 4.78 is 0. The Labute approximate surface area is 162 Å². The standard InChI is InChI=1S/C17H11Cl3N4S/c18-10-6-11-9(7-21-16(11)22-8-10)5-14-15(20)24-17(25-14)23-13-4-2-1-3-12(13)19/h1-4,6-8H,5H2,(H,21,22)(H,23,24). The normalized spacial score (nSPS) is 11.2. The Bertz CT molecular complexity index is 1060. The van der Waals surface area contributed by atoms with Crippen molar-refractivity contribution in [3.63, 3.8) is 0 Å². The molecule has 3 heterocycles. The molecule has 126 valence electrons. The number of hydrogen-bond acceptors (Lipinski definition) is 4. The molecule has 0 spiro atoms. The number of nitrogens with zero attached hydrogens (tertiary/aromatic N) is 2. The molecule has 0 aliphatic carbocycles. The quantitative estimate of drug-likeness (QED) is 0.415. The maximum Gasteiger partial charge on any atom is 0.188 e. The van der Waals surface area contributed by atoms with Gasteiger partial charge in [-0.1, -0.05) is 58.3 Å². The molecule has 3 aromatic heterocycles. The maximum atomic E-state index is 6.32. The van der Waals surface area contributed by atoms with Crippen LogP contribution >= 0.6 is 46.1 Å². The molecular weight excluding hydrogens is 399 g/mol. The first-order chi connectivity index (χ1) is 12.1. The highest BCUT2D eigenvalue weighted by molar-refractivity contribution is 7.16. The summed E-state index contributed by atoms with van der Waals surface area (Å²) in [4.78, 5) is 12.8. The molecule has 0 aliphatic rings. The van der Waals surface area contributed by atoms with Gasteiger partial charge >= 0.3 is 0 Å². The van der Waals surface area contributed by atoms with Crippen LogP contribution in [0.15, 0.2) is 42.7 Å². The molecule has 4 aromatic rings. The van der Waals surface area contributed by atoms with Crippen LogP contribution in [-0.4, -0.2) is 15.0 Å². The number of rotatable bonds is 4. The Hall–Kier alpha value is -1.79. The second kappa shape index (κ2) is 6.84. The zero-order valence-electron chi connectivity index (χ0n) is 12.7. The van der Waals surface area contributed by atoms with Crippen molar-refractivity contribution in [3.8, 4) is 0 Å². The van der Waals surface area contributed by atoms with E-state index in [0.717, 1.165) is 27.2 Å². The summed E-state index contributed by atoms with van der Waals surface area (Å²) in [5, 5.41) is 6.60. The summed E-state index contributed by atoms with van der Waals surface area (Å²) in [6.45, 7) is 0. The van der Waals surface area contributed by atoms with Crippen LogP contribution in [0.4, 0.5) is 10.8 Å². The predicted molar refractivity (Wildman–Crippen MR) is 106 cm³/mol. The third-order valence-corrected chi connectivity index (χ3v) is 5.63. The van der Waals surface area contributed by atoms with Crippen molar-refractivity contribution in [3.05, 3.63) is 68.4 Å². The van der Waals surface area contributed by atoms with E-state index in [1.807, 2.05) is 36.5 Å². The van der Waals surface area contributed by atoms with E-state index in [-0.39, 0.29) is 0 Å². The molecule has 4 nitrogen and oxygen atoms in total. The lowest BCUT2D eigenvalue weighted by Crippen LogP contribution is -1.89. The molecule has 1 aromatic carbocycles. The van der Waals surface area contributed by atoms with Crippen LogP contribution in [0.1, 0.15) is 10.4 Å². The molecule has 8 heteroatoms. The highest BCUT2D eigenvalue weighted by atomic mass is 35.5. The van der Waals surface area contributed by atoms with Crippen molar-refractivity contribution < 1.29 is 0 Å². The van der Waals surface area contributed by atoms with Gasteiger partial charge in [0.15, 0.2) is 5.13 Å². The van der Waals surface area contributed by atoms with Gasteiger partial charge in [-0.2, -0.15) is 0 Å². The molecular formula is C17H11Cl3N4S. The number of pyridine rings is 1. The number of fused-ring (bicyclic) bond motifs is 1. The minimum absolute atomic E-state index is 0.476. The number of benzene rings is 1. The first-order valence-electron chi connectivity index (χ1n) is 7.38. The lowest BCUT2D eigenvalue weighted by Gasteiger charge is -2.03. The Morgan fingerprint density at radius 2 is 2.00 bits per heavy atom. The highest BCUT2D eigenvalue weighted by Gasteiger charge is 2.14. The van der Waals surface area contributed by atoms with Crippen molar-refractivity contribution in [2.75, 3.05) is 5.32 Å². The van der Waals surface area contributed by atoms with E-state index in [2.05, 4.69) is 20.3 Å². The first-order valence-corrected chi connectivity index (χ1v) is 9.33. The molecule has 0 saturated carbocycles. The zero-order chi connectivity index (χ0) is 17.4. The van der Waals surface area contributed by atoms with E-state index in [1.54, 1.807) is 6.20 Å². The number of thiazole rings is 1. The number of nitrogens with one attached hydrogen (secondary N) is 2. The fourth-order valence-electron chi connectivity index (χ4n) is 2.52. The Morgan fingerprint density at radius 1 is 1.16 bits per heavy atom. The van der Waals surface area contributed by atoms with Crippen LogP contribution in [-0.2, 0) is 6.42 Å². The third kappa shape index (κ3) is 3.46. The van der Waals surface area contributed by atoms with Gasteiger partial charge in [0.05, 0.1) is 20.6 Å². The maximum absolute atomic E-state index is 6.32. The summed E-state index contributed by atoms with van der Waals surface area (Å²) in [5.41, 5.74) is 2.67. The van der Waals surface area contributed by atoms with Crippen molar-refractivity contribution in [2.24, 2.45) is 0 Å². The van der Waals surface area contributed by atoms with Crippen LogP contribution in [0, 0.1) is 0 Å². The lowest BCUT2D eigenvalue weighted by atomic mass is 10.1. The number of para-hydroxylation sites is 1. The topological polar surface area (TPSA) is 53.6 Å². The molecule has 2 N–H and O–H groups in total. The van der Waals surface area contributed by atoms with Gasteiger partial charge in [-0.15, -0.1) is 0 Å². The molecule has 4 rings (SSSR count). The molecule has 0 atom stereocenters. The van der Waals surface area contributed by atoms with Gasteiger partial charge in [0.2, 0.25) is 0 Å². The minimum Gasteiger partial charge on any atom is -0.346 e. The van der Waals surface area contributed by atoms with E-state index < -0.39 is 0 Å². The average Bonchev–Trinajstić information content (AvgIpc) is 3.14. The number of hydrogen-bond donors (Lipinski definition) is 2. The van der Waals surface area contributed by atoms with Gasteiger partial charge in [0.1, 0.15) is 10.8 Å². The number of halogens is 3. The number of anilines is 2. The lowest BCUT2D eigenvalue weighted by molar-refractivity contribution is 1.23. The summed E-state index contributed by atoms with van der Waals surface area (Å²) in [6, 6.07) is 9.40. The predicted octanol–water partition coefficient (Wildman–Crippen LogP) is 6.31. The first kappa shape index (κ1) is 16.7. The Balaban J connectivity index is 1.62. The zero-order valence-corrected chi connectivity index (χ0v) is 15.8. The monoisotopic (exact) mass is 408 g/mol. The summed E-state index contributed by atoms with van der Waals surface area (Å²) in [6.07, 6.45) is 4.18. The fourth-order valence-corrected chi connectivity index (χ4v) is 4.07. The SMILES string of the molecule is Clc1cnc2[nH]cc(Cc3sc(Nc4ccccc4Cl)nc3Cl)c2c1. The van der Waals surface area contributed by atoms with Crippen LogP contribution in [0.3, 0.4) is 0 Å². The van der Waals surface area contributed by atoms with Gasteiger partial charge in [0, 0.05) is 24.2 Å². The van der Waals surface area contributed by atoms with E-state index in [1.165, 1.54) is 11.3 Å². The summed E-state index contributed by atoms with van der Waals surface area (Å²) >= 11 is 20.0. The van der Waals surface area contributed by atoms with Crippen molar-refractivity contribution in [1.29, 1.82) is 0 Å². The van der Waals surface area contributed by atoms with Crippen molar-refractivity contribution in [1.82, 2.24) is 15.0 Å². The van der Waals surface area contributed by atoms with E-state index in [9.17, 15) is 0 Å². The van der Waals surface area contributed by atoms with Gasteiger partial charge in [-0.05, 0) is 23.8 Å². The van der Waals surface area contributed by atoms with Gasteiger partial charge in [0.25, 0.3) is 0 Å². The molecule has 25 heavy (non-hydrogen) atoms.